The van der Waals surface area contributed by atoms with Gasteiger partial charge in [-0.3, -0.25) is 9.59 Å². The normalized spacial score (nSPS) is 16.8. The van der Waals surface area contributed by atoms with E-state index in [0.29, 0.717) is 26.2 Å². The van der Waals surface area contributed by atoms with E-state index in [1.165, 1.54) is 0 Å². The van der Waals surface area contributed by atoms with Crippen LogP contribution in [0.3, 0.4) is 0 Å². The number of rotatable bonds is 6. The van der Waals surface area contributed by atoms with Crippen molar-refractivity contribution in [3.05, 3.63) is 47.0 Å². The molecule has 28 heavy (non-hydrogen) atoms. The molecule has 2 aromatic rings. The molecule has 0 saturated carbocycles. The molecule has 3 rings (SSSR count). The number of aromatic nitrogens is 2. The first-order chi connectivity index (χ1) is 13.4. The molecule has 1 unspecified atom stereocenters. The number of aromatic hydroxyl groups is 1. The van der Waals surface area contributed by atoms with Crippen LogP contribution in [0.1, 0.15) is 22.5 Å². The number of phenolic OH excluding ortho intramolecular Hbond substituents is 1. The first-order valence-corrected chi connectivity index (χ1v) is 9.36. The van der Waals surface area contributed by atoms with Gasteiger partial charge in [0.15, 0.2) is 0 Å². The van der Waals surface area contributed by atoms with Gasteiger partial charge in [0.2, 0.25) is 11.8 Å². The summed E-state index contributed by atoms with van der Waals surface area (Å²) in [5, 5.41) is 12.3. The summed E-state index contributed by atoms with van der Waals surface area (Å²) in [7, 11) is 0. The van der Waals surface area contributed by atoms with Crippen molar-refractivity contribution < 1.29 is 19.4 Å². The number of aryl methyl sites for hydroxylation is 2. The average Bonchev–Trinajstić information content (AvgIpc) is 3.07. The van der Waals surface area contributed by atoms with Crippen molar-refractivity contribution in [2.75, 3.05) is 26.2 Å². The topological polar surface area (TPSA) is 108 Å². The number of nitrogens with one attached hydrogen (secondary N) is 2. The molecule has 1 saturated heterocycles. The SMILES string of the molecule is Cc1cc(O)ccc1CC(=O)NCC1CN(C(=O)Cc2nc[nH]c2C)CCO1. The van der Waals surface area contributed by atoms with Crippen molar-refractivity contribution >= 4 is 11.8 Å². The Kier molecular flexibility index (Phi) is 6.30. The minimum atomic E-state index is -0.233. The number of carbonyl (C=O) groups is 2. The lowest BCUT2D eigenvalue weighted by Gasteiger charge is -2.33. The van der Waals surface area contributed by atoms with Crippen LogP contribution in [0.5, 0.6) is 5.75 Å². The zero-order valence-electron chi connectivity index (χ0n) is 16.2. The van der Waals surface area contributed by atoms with E-state index < -0.39 is 0 Å². The Bertz CT molecular complexity index is 848. The smallest absolute Gasteiger partial charge is 0.228 e. The molecule has 1 aromatic heterocycles. The predicted octanol–water partition coefficient (Wildman–Crippen LogP) is 0.861. The fourth-order valence-corrected chi connectivity index (χ4v) is 3.23. The van der Waals surface area contributed by atoms with Crippen LogP contribution < -0.4 is 5.32 Å². The second kappa shape index (κ2) is 8.88. The van der Waals surface area contributed by atoms with Gasteiger partial charge in [-0.05, 0) is 37.1 Å². The van der Waals surface area contributed by atoms with E-state index >= 15 is 0 Å². The number of phenols is 1. The monoisotopic (exact) mass is 386 g/mol. The molecule has 0 radical (unpaired) electrons. The van der Waals surface area contributed by atoms with Gasteiger partial charge in [-0.1, -0.05) is 6.07 Å². The van der Waals surface area contributed by atoms with E-state index in [2.05, 4.69) is 15.3 Å². The van der Waals surface area contributed by atoms with Crippen LogP contribution >= 0.6 is 0 Å². The van der Waals surface area contributed by atoms with E-state index in [4.69, 9.17) is 4.74 Å². The summed E-state index contributed by atoms with van der Waals surface area (Å²) >= 11 is 0. The number of hydrogen-bond acceptors (Lipinski definition) is 5. The minimum Gasteiger partial charge on any atom is -0.508 e. The molecular weight excluding hydrogens is 360 g/mol. The third-order valence-corrected chi connectivity index (χ3v) is 4.95. The van der Waals surface area contributed by atoms with Crippen LogP contribution in [-0.4, -0.2) is 64.1 Å². The number of nitrogens with zero attached hydrogens (tertiary/aromatic N) is 2. The molecule has 3 N–H and O–H groups in total. The molecule has 1 aliphatic rings. The summed E-state index contributed by atoms with van der Waals surface area (Å²) in [6.45, 7) is 5.53. The van der Waals surface area contributed by atoms with Crippen molar-refractivity contribution in [2.24, 2.45) is 0 Å². The van der Waals surface area contributed by atoms with Gasteiger partial charge in [0.1, 0.15) is 5.75 Å². The third kappa shape index (κ3) is 5.10. The van der Waals surface area contributed by atoms with E-state index in [9.17, 15) is 14.7 Å². The molecule has 150 valence electrons. The lowest BCUT2D eigenvalue weighted by atomic mass is 10.1. The third-order valence-electron chi connectivity index (χ3n) is 4.95. The molecule has 8 nitrogen and oxygen atoms in total. The first-order valence-electron chi connectivity index (χ1n) is 9.36. The van der Waals surface area contributed by atoms with Gasteiger partial charge in [-0.15, -0.1) is 0 Å². The number of amides is 2. The maximum absolute atomic E-state index is 12.5. The highest BCUT2D eigenvalue weighted by atomic mass is 16.5. The van der Waals surface area contributed by atoms with E-state index in [1.807, 2.05) is 13.8 Å². The Balaban J connectivity index is 1.47. The summed E-state index contributed by atoms with van der Waals surface area (Å²) in [6, 6.07) is 4.96. The zero-order valence-corrected chi connectivity index (χ0v) is 16.2. The van der Waals surface area contributed by atoms with E-state index in [-0.39, 0.29) is 36.5 Å². The molecule has 1 aliphatic heterocycles. The Morgan fingerprint density at radius 3 is 2.89 bits per heavy atom. The van der Waals surface area contributed by atoms with Crippen molar-refractivity contribution in [3.63, 3.8) is 0 Å². The molecule has 1 aromatic carbocycles. The number of aromatic amines is 1. The van der Waals surface area contributed by atoms with Crippen molar-refractivity contribution in [3.8, 4) is 5.75 Å². The number of H-pyrrole nitrogens is 1. The molecule has 1 atom stereocenters. The number of hydrogen-bond donors (Lipinski definition) is 3. The summed E-state index contributed by atoms with van der Waals surface area (Å²) < 4.78 is 5.69. The Hall–Kier alpha value is -2.87. The number of morpholine rings is 1. The highest BCUT2D eigenvalue weighted by molar-refractivity contribution is 5.79. The minimum absolute atomic E-state index is 0.00884. The Labute approximate surface area is 163 Å². The van der Waals surface area contributed by atoms with E-state index in [1.54, 1.807) is 29.4 Å². The Morgan fingerprint density at radius 2 is 2.18 bits per heavy atom. The standard InChI is InChI=1S/C20H26N4O4/c1-13-7-16(25)4-3-15(13)8-19(26)21-10-17-11-24(5-6-28-17)20(27)9-18-14(2)22-12-23-18/h3-4,7,12,17,25H,5-6,8-11H2,1-2H3,(H,21,26)(H,22,23). The molecule has 0 aliphatic carbocycles. The Morgan fingerprint density at radius 1 is 1.36 bits per heavy atom. The molecule has 2 heterocycles. The summed E-state index contributed by atoms with van der Waals surface area (Å²) in [5.41, 5.74) is 3.39. The van der Waals surface area contributed by atoms with E-state index in [0.717, 1.165) is 22.5 Å². The van der Waals surface area contributed by atoms with Gasteiger partial charge in [-0.2, -0.15) is 0 Å². The van der Waals surface area contributed by atoms with Crippen LogP contribution in [0.15, 0.2) is 24.5 Å². The number of ether oxygens (including phenoxy) is 1. The van der Waals surface area contributed by atoms with Gasteiger partial charge >= 0.3 is 0 Å². The quantitative estimate of drug-likeness (QED) is 0.683. The van der Waals surface area contributed by atoms with Crippen molar-refractivity contribution in [1.82, 2.24) is 20.2 Å². The highest BCUT2D eigenvalue weighted by Gasteiger charge is 2.25. The lowest BCUT2D eigenvalue weighted by Crippen LogP contribution is -2.50. The van der Waals surface area contributed by atoms with Gasteiger partial charge in [-0.25, -0.2) is 4.98 Å². The molecule has 2 amide bonds. The molecule has 8 heteroatoms. The maximum atomic E-state index is 12.5. The van der Waals surface area contributed by atoms with Crippen LogP contribution in [-0.2, 0) is 27.2 Å². The van der Waals surface area contributed by atoms with Gasteiger partial charge < -0.3 is 25.0 Å². The molecule has 1 fully saturated rings. The molecule has 0 spiro atoms. The fourth-order valence-electron chi connectivity index (χ4n) is 3.23. The van der Waals surface area contributed by atoms with Crippen molar-refractivity contribution in [1.29, 1.82) is 0 Å². The average molecular weight is 386 g/mol. The maximum Gasteiger partial charge on any atom is 0.228 e. The first kappa shape index (κ1) is 19.9. The van der Waals surface area contributed by atoms with Crippen LogP contribution in [0.4, 0.5) is 0 Å². The number of imidazole rings is 1. The second-order valence-electron chi connectivity index (χ2n) is 7.08. The summed E-state index contributed by atoms with van der Waals surface area (Å²) in [5.74, 6) is 0.0783. The molecular formula is C20H26N4O4. The predicted molar refractivity (Wildman–Crippen MR) is 103 cm³/mol. The largest absolute Gasteiger partial charge is 0.508 e. The number of carbonyl (C=O) groups excluding carboxylic acids is 2. The lowest BCUT2D eigenvalue weighted by molar-refractivity contribution is -0.138. The fraction of sp³-hybridized carbons (Fsp3) is 0.450. The summed E-state index contributed by atoms with van der Waals surface area (Å²) in [4.78, 5) is 33.7. The van der Waals surface area contributed by atoms with Gasteiger partial charge in [0, 0.05) is 25.3 Å². The highest BCUT2D eigenvalue weighted by Crippen LogP contribution is 2.16. The zero-order chi connectivity index (χ0) is 20.1. The second-order valence-corrected chi connectivity index (χ2v) is 7.08. The van der Waals surface area contributed by atoms with Crippen LogP contribution in [0.25, 0.3) is 0 Å². The van der Waals surface area contributed by atoms with Crippen LogP contribution in [0, 0.1) is 13.8 Å². The van der Waals surface area contributed by atoms with Crippen molar-refractivity contribution in [2.45, 2.75) is 32.8 Å². The van der Waals surface area contributed by atoms with Crippen LogP contribution in [0.2, 0.25) is 0 Å². The van der Waals surface area contributed by atoms with Gasteiger partial charge in [0.05, 0.1) is 37.6 Å². The summed E-state index contributed by atoms with van der Waals surface area (Å²) in [6.07, 6.45) is 1.85. The number of benzene rings is 1. The molecule has 0 bridgehead atoms. The van der Waals surface area contributed by atoms with Gasteiger partial charge in [0.25, 0.3) is 0 Å².